The third-order valence-corrected chi connectivity index (χ3v) is 5.59. The Labute approximate surface area is 192 Å². The van der Waals surface area contributed by atoms with Crippen LogP contribution in [0, 0.1) is 0 Å². The van der Waals surface area contributed by atoms with Gasteiger partial charge in [-0.1, -0.05) is 48.5 Å². The molecule has 0 bridgehead atoms. The summed E-state index contributed by atoms with van der Waals surface area (Å²) in [5.41, 5.74) is 2.67. The van der Waals surface area contributed by atoms with Gasteiger partial charge in [-0.3, -0.25) is 4.79 Å². The Kier molecular flexibility index (Phi) is 7.67. The Morgan fingerprint density at radius 2 is 1.58 bits per heavy atom. The summed E-state index contributed by atoms with van der Waals surface area (Å²) in [7, 11) is 2.69. The highest BCUT2D eigenvalue weighted by Crippen LogP contribution is 2.44. The fourth-order valence-electron chi connectivity index (χ4n) is 3.93. The maximum Gasteiger partial charge on any atom is 0.407 e. The number of carboxylic acids is 1. The van der Waals surface area contributed by atoms with E-state index >= 15 is 0 Å². The van der Waals surface area contributed by atoms with Crippen LogP contribution in [0.5, 0.6) is 0 Å². The smallest absolute Gasteiger partial charge is 0.407 e. The second kappa shape index (κ2) is 10.5. The Balaban J connectivity index is 1.66. The fraction of sp³-hybridized carbons (Fsp3) is 0.375. The Hall–Kier alpha value is -3.43. The molecular weight excluding hydrogens is 428 g/mol. The zero-order chi connectivity index (χ0) is 24.0. The number of carbonyl (C=O) groups is 3. The van der Waals surface area contributed by atoms with Crippen LogP contribution in [0.3, 0.4) is 0 Å². The minimum atomic E-state index is -1.67. The van der Waals surface area contributed by atoms with Crippen molar-refractivity contribution in [1.82, 2.24) is 10.6 Å². The summed E-state index contributed by atoms with van der Waals surface area (Å²) in [6, 6.07) is 14.7. The van der Waals surface area contributed by atoms with Gasteiger partial charge in [-0.15, -0.1) is 0 Å². The van der Waals surface area contributed by atoms with Gasteiger partial charge in [0.15, 0.2) is 5.54 Å². The number of methoxy groups -OCH3 is 2. The van der Waals surface area contributed by atoms with Crippen LogP contribution in [0.25, 0.3) is 11.1 Å². The number of ether oxygens (including phenoxy) is 3. The molecule has 0 heterocycles. The number of aliphatic carboxylic acids is 1. The summed E-state index contributed by atoms with van der Waals surface area (Å²) >= 11 is 0. The van der Waals surface area contributed by atoms with Gasteiger partial charge in [0, 0.05) is 20.1 Å². The van der Waals surface area contributed by atoms with Crippen LogP contribution in [0.1, 0.15) is 24.0 Å². The van der Waals surface area contributed by atoms with E-state index in [1.54, 1.807) is 0 Å². The van der Waals surface area contributed by atoms with Crippen molar-refractivity contribution in [1.29, 1.82) is 0 Å². The molecule has 0 radical (unpaired) electrons. The van der Waals surface area contributed by atoms with Gasteiger partial charge in [0.25, 0.3) is 0 Å². The number of carbonyl (C=O) groups excluding carboxylic acids is 2. The highest BCUT2D eigenvalue weighted by atomic mass is 16.5. The van der Waals surface area contributed by atoms with E-state index in [4.69, 9.17) is 14.2 Å². The van der Waals surface area contributed by atoms with Gasteiger partial charge in [-0.05, 0) is 29.2 Å². The SMILES string of the molecule is COCC(NC(=O)OCC1c2ccccc2-c2ccccc21)C(=O)NC(C)(COC)C(=O)O. The number of rotatable bonds is 10. The minimum absolute atomic E-state index is 0.0810. The second-order valence-electron chi connectivity index (χ2n) is 8.04. The Bertz CT molecular complexity index is 980. The highest BCUT2D eigenvalue weighted by Gasteiger charge is 2.37. The lowest BCUT2D eigenvalue weighted by Gasteiger charge is -2.28. The molecule has 33 heavy (non-hydrogen) atoms. The standard InChI is InChI=1S/C24H28N2O7/c1-24(14-32-3,22(28)29)26-21(27)20(13-31-2)25-23(30)33-12-19-17-10-6-4-8-15(17)16-9-5-7-11-18(16)19/h4-11,19-20H,12-14H2,1-3H3,(H,25,30)(H,26,27)(H,28,29). The zero-order valence-corrected chi connectivity index (χ0v) is 18.8. The van der Waals surface area contributed by atoms with E-state index in [1.807, 2.05) is 48.5 Å². The van der Waals surface area contributed by atoms with E-state index in [0.717, 1.165) is 22.3 Å². The molecule has 176 valence electrons. The predicted molar refractivity (Wildman–Crippen MR) is 120 cm³/mol. The Morgan fingerprint density at radius 3 is 2.09 bits per heavy atom. The summed E-state index contributed by atoms with van der Waals surface area (Å²) in [4.78, 5) is 36.8. The van der Waals surface area contributed by atoms with Gasteiger partial charge in [-0.25, -0.2) is 9.59 Å². The molecule has 0 saturated carbocycles. The summed E-state index contributed by atoms with van der Waals surface area (Å²) in [5.74, 6) is -2.13. The van der Waals surface area contributed by atoms with Crippen molar-refractivity contribution in [2.75, 3.05) is 34.0 Å². The lowest BCUT2D eigenvalue weighted by molar-refractivity contribution is -0.149. The molecule has 0 aliphatic heterocycles. The third-order valence-electron chi connectivity index (χ3n) is 5.59. The lowest BCUT2D eigenvalue weighted by atomic mass is 9.98. The van der Waals surface area contributed by atoms with Crippen molar-refractivity contribution in [3.8, 4) is 11.1 Å². The average Bonchev–Trinajstić information content (AvgIpc) is 3.11. The van der Waals surface area contributed by atoms with E-state index in [1.165, 1.54) is 21.1 Å². The van der Waals surface area contributed by atoms with Crippen molar-refractivity contribution in [2.24, 2.45) is 0 Å². The molecule has 2 aromatic carbocycles. The summed E-state index contributed by atoms with van der Waals surface area (Å²) in [5, 5.41) is 14.3. The van der Waals surface area contributed by atoms with E-state index in [9.17, 15) is 19.5 Å². The van der Waals surface area contributed by atoms with Crippen LogP contribution in [0.2, 0.25) is 0 Å². The largest absolute Gasteiger partial charge is 0.479 e. The molecular formula is C24H28N2O7. The van der Waals surface area contributed by atoms with Crippen LogP contribution in [0.15, 0.2) is 48.5 Å². The molecule has 0 aromatic heterocycles. The van der Waals surface area contributed by atoms with Gasteiger partial charge in [0.2, 0.25) is 5.91 Å². The number of alkyl carbamates (subject to hydrolysis) is 1. The van der Waals surface area contributed by atoms with Gasteiger partial charge >= 0.3 is 12.1 Å². The lowest BCUT2D eigenvalue weighted by Crippen LogP contribution is -2.60. The zero-order valence-electron chi connectivity index (χ0n) is 18.8. The monoisotopic (exact) mass is 456 g/mol. The van der Waals surface area contributed by atoms with E-state index in [2.05, 4.69) is 10.6 Å². The third kappa shape index (κ3) is 5.32. The molecule has 2 unspecified atom stereocenters. The molecule has 2 atom stereocenters. The fourth-order valence-corrected chi connectivity index (χ4v) is 3.93. The van der Waals surface area contributed by atoms with Crippen LogP contribution in [-0.2, 0) is 23.8 Å². The van der Waals surface area contributed by atoms with Crippen molar-refractivity contribution in [2.45, 2.75) is 24.4 Å². The van der Waals surface area contributed by atoms with Crippen molar-refractivity contribution in [3.05, 3.63) is 59.7 Å². The molecule has 3 N–H and O–H groups in total. The highest BCUT2D eigenvalue weighted by molar-refractivity contribution is 5.91. The van der Waals surface area contributed by atoms with Crippen molar-refractivity contribution < 1.29 is 33.7 Å². The number of benzene rings is 2. The molecule has 0 spiro atoms. The number of fused-ring (bicyclic) bond motifs is 3. The van der Waals surface area contributed by atoms with Crippen molar-refractivity contribution >= 4 is 18.0 Å². The summed E-state index contributed by atoms with van der Waals surface area (Å²) in [6.45, 7) is 0.975. The predicted octanol–water partition coefficient (Wildman–Crippen LogP) is 2.15. The van der Waals surface area contributed by atoms with Gasteiger partial charge in [0.05, 0.1) is 13.2 Å². The first kappa shape index (κ1) is 24.2. The number of hydrogen-bond acceptors (Lipinski definition) is 6. The van der Waals surface area contributed by atoms with E-state index in [0.29, 0.717) is 0 Å². The van der Waals surface area contributed by atoms with Crippen LogP contribution < -0.4 is 10.6 Å². The topological polar surface area (TPSA) is 123 Å². The van der Waals surface area contributed by atoms with E-state index in [-0.39, 0.29) is 25.7 Å². The van der Waals surface area contributed by atoms with Crippen LogP contribution >= 0.6 is 0 Å². The maximum atomic E-state index is 12.7. The molecule has 1 aliphatic carbocycles. The molecule has 0 saturated heterocycles. The molecule has 9 nitrogen and oxygen atoms in total. The Morgan fingerprint density at radius 1 is 1.00 bits per heavy atom. The maximum absolute atomic E-state index is 12.7. The summed E-state index contributed by atoms with van der Waals surface area (Å²) in [6.07, 6.45) is -0.808. The van der Waals surface area contributed by atoms with Gasteiger partial charge in [-0.2, -0.15) is 0 Å². The van der Waals surface area contributed by atoms with Crippen LogP contribution in [0.4, 0.5) is 4.79 Å². The minimum Gasteiger partial charge on any atom is -0.479 e. The number of hydrogen-bond donors (Lipinski definition) is 3. The molecule has 0 fully saturated rings. The van der Waals surface area contributed by atoms with Gasteiger partial charge < -0.3 is 30.0 Å². The molecule has 2 amide bonds. The molecule has 1 aliphatic rings. The molecule has 9 heteroatoms. The van der Waals surface area contributed by atoms with Crippen LogP contribution in [-0.4, -0.2) is 68.7 Å². The number of amides is 2. The molecule has 2 aromatic rings. The quantitative estimate of drug-likeness (QED) is 0.501. The second-order valence-corrected chi connectivity index (χ2v) is 8.04. The number of nitrogens with one attached hydrogen (secondary N) is 2. The summed E-state index contributed by atoms with van der Waals surface area (Å²) < 4.78 is 15.4. The first-order chi connectivity index (χ1) is 15.8. The van der Waals surface area contributed by atoms with Gasteiger partial charge in [0.1, 0.15) is 12.6 Å². The van der Waals surface area contributed by atoms with Crippen molar-refractivity contribution in [3.63, 3.8) is 0 Å². The first-order valence-electron chi connectivity index (χ1n) is 10.5. The van der Waals surface area contributed by atoms with E-state index < -0.39 is 29.6 Å². The normalized spacial score (nSPS) is 15.0. The number of carboxylic acid groups (broad SMARTS) is 1. The molecule has 3 rings (SSSR count). The average molecular weight is 456 g/mol. The first-order valence-corrected chi connectivity index (χ1v) is 10.5.